The van der Waals surface area contributed by atoms with Crippen LogP contribution in [-0.4, -0.2) is 24.9 Å². The van der Waals surface area contributed by atoms with Gasteiger partial charge in [0.15, 0.2) is 0 Å². The third kappa shape index (κ3) is 3.79. The number of rotatable bonds is 5. The Hall–Kier alpha value is -1.88. The summed E-state index contributed by atoms with van der Waals surface area (Å²) in [5.74, 6) is -0.438. The highest BCUT2D eigenvalue weighted by molar-refractivity contribution is 5.94. The molecule has 0 bridgehead atoms. The molecule has 0 saturated heterocycles. The summed E-state index contributed by atoms with van der Waals surface area (Å²) in [6.07, 6.45) is 1.89. The number of nitrogens with two attached hydrogens (primary N) is 1. The largest absolute Gasteiger partial charge is 0.370 e. The maximum absolute atomic E-state index is 11.9. The number of fused-ring (bicyclic) bond motifs is 1. The predicted molar refractivity (Wildman–Crippen MR) is 72.6 cm³/mol. The van der Waals surface area contributed by atoms with E-state index >= 15 is 0 Å². The lowest BCUT2D eigenvalue weighted by Gasteiger charge is -2.17. The van der Waals surface area contributed by atoms with E-state index in [-0.39, 0.29) is 11.8 Å². The summed E-state index contributed by atoms with van der Waals surface area (Å²) in [5.41, 5.74) is 8.21. The highest BCUT2D eigenvalue weighted by Gasteiger charge is 2.12. The van der Waals surface area contributed by atoms with Crippen LogP contribution >= 0.6 is 0 Å². The van der Waals surface area contributed by atoms with Gasteiger partial charge in [-0.3, -0.25) is 9.59 Å². The molecule has 2 amide bonds. The second-order valence-electron chi connectivity index (χ2n) is 4.74. The van der Waals surface area contributed by atoms with Crippen LogP contribution in [0.15, 0.2) is 18.2 Å². The standard InChI is InChI=1S/C14H19N3O2/c15-13(18)2-1-6-17-14(19)11-4-3-10-5-7-16-9-12(10)8-11/h3-4,8,16H,1-2,5-7,9H2,(H2,15,18)(H,17,19). The molecule has 1 aromatic rings. The molecule has 0 saturated carbocycles. The highest BCUT2D eigenvalue weighted by Crippen LogP contribution is 2.15. The van der Waals surface area contributed by atoms with E-state index in [9.17, 15) is 9.59 Å². The topological polar surface area (TPSA) is 84.2 Å². The van der Waals surface area contributed by atoms with E-state index in [1.54, 1.807) is 0 Å². The summed E-state index contributed by atoms with van der Waals surface area (Å²) in [7, 11) is 0. The van der Waals surface area contributed by atoms with Crippen LogP contribution < -0.4 is 16.4 Å². The van der Waals surface area contributed by atoms with Crippen LogP contribution in [0.25, 0.3) is 0 Å². The first kappa shape index (κ1) is 13.5. The van der Waals surface area contributed by atoms with Crippen LogP contribution in [0, 0.1) is 0 Å². The van der Waals surface area contributed by atoms with Gasteiger partial charge in [0.05, 0.1) is 0 Å². The fourth-order valence-electron chi connectivity index (χ4n) is 2.19. The Morgan fingerprint density at radius 1 is 1.32 bits per heavy atom. The van der Waals surface area contributed by atoms with Crippen LogP contribution in [0.3, 0.4) is 0 Å². The van der Waals surface area contributed by atoms with Gasteiger partial charge in [0.25, 0.3) is 5.91 Å². The van der Waals surface area contributed by atoms with E-state index in [1.807, 2.05) is 18.2 Å². The number of carbonyl (C=O) groups is 2. The molecule has 1 aromatic carbocycles. The number of benzene rings is 1. The van der Waals surface area contributed by atoms with Crippen LogP contribution in [-0.2, 0) is 17.8 Å². The number of carbonyl (C=O) groups excluding carboxylic acids is 2. The molecule has 5 heteroatoms. The van der Waals surface area contributed by atoms with Gasteiger partial charge in [-0.25, -0.2) is 0 Å². The third-order valence-electron chi connectivity index (χ3n) is 3.24. The molecule has 0 aliphatic carbocycles. The Bertz CT molecular complexity index is 486. The van der Waals surface area contributed by atoms with E-state index in [1.165, 1.54) is 11.1 Å². The van der Waals surface area contributed by atoms with E-state index < -0.39 is 0 Å². The number of hydrogen-bond acceptors (Lipinski definition) is 3. The molecule has 0 fully saturated rings. The van der Waals surface area contributed by atoms with Gasteiger partial charge >= 0.3 is 0 Å². The van der Waals surface area contributed by atoms with Crippen molar-refractivity contribution >= 4 is 11.8 Å². The van der Waals surface area contributed by atoms with E-state index in [0.717, 1.165) is 19.5 Å². The van der Waals surface area contributed by atoms with Crippen molar-refractivity contribution in [1.82, 2.24) is 10.6 Å². The van der Waals surface area contributed by atoms with E-state index in [0.29, 0.717) is 24.9 Å². The van der Waals surface area contributed by atoms with Gasteiger partial charge in [0.1, 0.15) is 0 Å². The molecule has 2 rings (SSSR count). The predicted octanol–water partition coefficient (Wildman–Crippen LogP) is 0.328. The fourth-order valence-corrected chi connectivity index (χ4v) is 2.19. The van der Waals surface area contributed by atoms with Crippen LogP contribution in [0.4, 0.5) is 0 Å². The summed E-state index contributed by atoms with van der Waals surface area (Å²) in [4.78, 5) is 22.5. The molecule has 0 unspecified atom stereocenters. The average molecular weight is 261 g/mol. The van der Waals surface area contributed by atoms with Gasteiger partial charge in [0, 0.05) is 25.1 Å². The lowest BCUT2D eigenvalue weighted by molar-refractivity contribution is -0.118. The molecule has 19 heavy (non-hydrogen) atoms. The second kappa shape index (κ2) is 6.33. The van der Waals surface area contributed by atoms with Crippen LogP contribution in [0.1, 0.15) is 34.3 Å². The summed E-state index contributed by atoms with van der Waals surface area (Å²) in [6.45, 7) is 2.28. The van der Waals surface area contributed by atoms with Crippen molar-refractivity contribution in [1.29, 1.82) is 0 Å². The molecule has 0 aromatic heterocycles. The number of amides is 2. The lowest BCUT2D eigenvalue weighted by Crippen LogP contribution is -2.27. The maximum atomic E-state index is 11.9. The molecular formula is C14H19N3O2. The quantitative estimate of drug-likeness (QED) is 0.668. The van der Waals surface area contributed by atoms with Crippen molar-refractivity contribution in [3.05, 3.63) is 34.9 Å². The molecule has 5 nitrogen and oxygen atoms in total. The highest BCUT2D eigenvalue weighted by atomic mass is 16.2. The minimum atomic E-state index is -0.339. The van der Waals surface area contributed by atoms with Crippen LogP contribution in [0.5, 0.6) is 0 Å². The molecule has 4 N–H and O–H groups in total. The minimum Gasteiger partial charge on any atom is -0.370 e. The smallest absolute Gasteiger partial charge is 0.251 e. The zero-order valence-corrected chi connectivity index (χ0v) is 10.9. The van der Waals surface area contributed by atoms with Gasteiger partial charge in [-0.05, 0) is 42.6 Å². The first-order valence-corrected chi connectivity index (χ1v) is 6.56. The summed E-state index contributed by atoms with van der Waals surface area (Å²) < 4.78 is 0. The maximum Gasteiger partial charge on any atom is 0.251 e. The van der Waals surface area contributed by atoms with Gasteiger partial charge in [-0.2, -0.15) is 0 Å². The Morgan fingerprint density at radius 2 is 2.16 bits per heavy atom. The second-order valence-corrected chi connectivity index (χ2v) is 4.74. The Labute approximate surface area is 112 Å². The molecule has 0 atom stereocenters. The summed E-state index contributed by atoms with van der Waals surface area (Å²) in [5, 5.41) is 6.08. The fraction of sp³-hybridized carbons (Fsp3) is 0.429. The van der Waals surface area contributed by atoms with Gasteiger partial charge in [0.2, 0.25) is 5.91 Å². The van der Waals surface area contributed by atoms with Crippen molar-refractivity contribution in [2.75, 3.05) is 13.1 Å². The Kier molecular flexibility index (Phi) is 4.52. The number of nitrogens with one attached hydrogen (secondary N) is 2. The summed E-state index contributed by atoms with van der Waals surface area (Å²) >= 11 is 0. The van der Waals surface area contributed by atoms with E-state index in [2.05, 4.69) is 10.6 Å². The van der Waals surface area contributed by atoms with Crippen molar-refractivity contribution in [3.63, 3.8) is 0 Å². The third-order valence-corrected chi connectivity index (χ3v) is 3.24. The molecule has 1 aliphatic heterocycles. The Morgan fingerprint density at radius 3 is 2.95 bits per heavy atom. The van der Waals surface area contributed by atoms with Gasteiger partial charge in [-0.15, -0.1) is 0 Å². The lowest BCUT2D eigenvalue weighted by atomic mass is 9.98. The molecular weight excluding hydrogens is 242 g/mol. The number of hydrogen-bond donors (Lipinski definition) is 3. The normalized spacial score (nSPS) is 13.7. The molecule has 0 radical (unpaired) electrons. The van der Waals surface area contributed by atoms with Gasteiger partial charge in [-0.1, -0.05) is 6.07 Å². The van der Waals surface area contributed by atoms with Crippen LogP contribution in [0.2, 0.25) is 0 Å². The van der Waals surface area contributed by atoms with E-state index in [4.69, 9.17) is 5.73 Å². The first-order chi connectivity index (χ1) is 9.16. The van der Waals surface area contributed by atoms with Crippen molar-refractivity contribution in [3.8, 4) is 0 Å². The average Bonchev–Trinajstić information content (AvgIpc) is 2.42. The zero-order valence-electron chi connectivity index (χ0n) is 10.9. The van der Waals surface area contributed by atoms with Gasteiger partial charge < -0.3 is 16.4 Å². The number of primary amides is 1. The van der Waals surface area contributed by atoms with Crippen molar-refractivity contribution in [2.24, 2.45) is 5.73 Å². The zero-order chi connectivity index (χ0) is 13.7. The SMILES string of the molecule is NC(=O)CCCNC(=O)c1ccc2c(c1)CNCC2. The molecule has 1 aliphatic rings. The van der Waals surface area contributed by atoms with Crippen molar-refractivity contribution in [2.45, 2.75) is 25.8 Å². The monoisotopic (exact) mass is 261 g/mol. The first-order valence-electron chi connectivity index (χ1n) is 6.56. The summed E-state index contributed by atoms with van der Waals surface area (Å²) in [6, 6.07) is 5.81. The Balaban J connectivity index is 1.90. The molecule has 102 valence electrons. The minimum absolute atomic E-state index is 0.0992. The van der Waals surface area contributed by atoms with Crippen molar-refractivity contribution < 1.29 is 9.59 Å². The molecule has 0 spiro atoms. The molecule has 1 heterocycles.